The highest BCUT2D eigenvalue weighted by molar-refractivity contribution is 5.28. The summed E-state index contributed by atoms with van der Waals surface area (Å²) in [6.07, 6.45) is 5.68. The van der Waals surface area contributed by atoms with Crippen LogP contribution in [0, 0.1) is 18.3 Å². The molecule has 1 saturated heterocycles. The van der Waals surface area contributed by atoms with Gasteiger partial charge in [-0.2, -0.15) is 0 Å². The smallest absolute Gasteiger partial charge is 0.00255 e. The van der Waals surface area contributed by atoms with Crippen molar-refractivity contribution in [1.82, 2.24) is 5.32 Å². The van der Waals surface area contributed by atoms with E-state index in [0.717, 1.165) is 11.8 Å². The number of aryl methyl sites for hydroxylation is 1. The lowest BCUT2D eigenvalue weighted by Gasteiger charge is -2.42. The zero-order chi connectivity index (χ0) is 12.6. The predicted octanol–water partition coefficient (Wildman–Crippen LogP) is 3.88. The van der Waals surface area contributed by atoms with Gasteiger partial charge in [0.2, 0.25) is 0 Å². The van der Waals surface area contributed by atoms with E-state index in [1.54, 1.807) is 5.56 Å². The van der Waals surface area contributed by atoms with Crippen LogP contribution in [-0.4, -0.2) is 13.1 Å². The summed E-state index contributed by atoms with van der Waals surface area (Å²) in [5.74, 6) is 1.66. The van der Waals surface area contributed by atoms with E-state index >= 15 is 0 Å². The number of benzene rings is 1. The molecule has 1 saturated carbocycles. The van der Waals surface area contributed by atoms with Crippen LogP contribution in [0.15, 0.2) is 24.3 Å². The molecule has 98 valence electrons. The third-order valence-electron chi connectivity index (χ3n) is 5.26. The molecule has 1 spiro atoms. The Morgan fingerprint density at radius 3 is 2.61 bits per heavy atom. The Hall–Kier alpha value is -0.820. The van der Waals surface area contributed by atoms with E-state index in [1.807, 2.05) is 0 Å². The van der Waals surface area contributed by atoms with Crippen LogP contribution >= 0.6 is 0 Å². The fourth-order valence-corrected chi connectivity index (χ4v) is 4.22. The van der Waals surface area contributed by atoms with Crippen molar-refractivity contribution >= 4 is 0 Å². The quantitative estimate of drug-likeness (QED) is 0.789. The molecule has 0 aromatic heterocycles. The average molecular weight is 243 g/mol. The van der Waals surface area contributed by atoms with Gasteiger partial charge in [0, 0.05) is 12.5 Å². The highest BCUT2D eigenvalue weighted by atomic mass is 14.9. The Morgan fingerprint density at radius 2 is 1.94 bits per heavy atom. The highest BCUT2D eigenvalue weighted by Crippen LogP contribution is 2.54. The Balaban J connectivity index is 1.90. The molecule has 1 heteroatoms. The third-order valence-corrected chi connectivity index (χ3v) is 5.26. The van der Waals surface area contributed by atoms with Gasteiger partial charge < -0.3 is 5.32 Å². The van der Waals surface area contributed by atoms with Crippen molar-refractivity contribution < 1.29 is 0 Å². The topological polar surface area (TPSA) is 12.0 Å². The Kier molecular flexibility index (Phi) is 3.19. The lowest BCUT2D eigenvalue weighted by atomic mass is 9.66. The predicted molar refractivity (Wildman–Crippen MR) is 76.9 cm³/mol. The number of piperidine rings is 1. The molecule has 1 heterocycles. The van der Waals surface area contributed by atoms with Crippen molar-refractivity contribution in [2.24, 2.45) is 11.3 Å². The van der Waals surface area contributed by atoms with Crippen LogP contribution in [0.2, 0.25) is 0 Å². The van der Waals surface area contributed by atoms with Gasteiger partial charge in [0.1, 0.15) is 0 Å². The number of rotatable bonds is 1. The molecule has 0 amide bonds. The fourth-order valence-electron chi connectivity index (χ4n) is 4.22. The van der Waals surface area contributed by atoms with Gasteiger partial charge in [-0.1, -0.05) is 43.2 Å². The van der Waals surface area contributed by atoms with Crippen LogP contribution in [0.4, 0.5) is 0 Å². The summed E-state index contributed by atoms with van der Waals surface area (Å²) in [4.78, 5) is 0. The molecule has 0 bridgehead atoms. The molecular formula is C17H25N. The van der Waals surface area contributed by atoms with E-state index in [1.165, 1.54) is 44.3 Å². The molecule has 3 rings (SSSR count). The highest BCUT2D eigenvalue weighted by Gasteiger charge is 2.45. The first-order chi connectivity index (χ1) is 8.70. The van der Waals surface area contributed by atoms with Gasteiger partial charge in [-0.25, -0.2) is 0 Å². The molecular weight excluding hydrogens is 218 g/mol. The van der Waals surface area contributed by atoms with Gasteiger partial charge in [0.25, 0.3) is 0 Å². The van der Waals surface area contributed by atoms with Gasteiger partial charge in [-0.15, -0.1) is 0 Å². The Bertz CT molecular complexity index is 404. The average Bonchev–Trinajstić information content (AvgIpc) is 2.73. The van der Waals surface area contributed by atoms with Crippen molar-refractivity contribution in [3.8, 4) is 0 Å². The first-order valence-corrected chi connectivity index (χ1v) is 7.47. The SMILES string of the molecule is Cc1ccc(C2CNCCC23CCC(C)C3)cc1. The second kappa shape index (κ2) is 4.70. The second-order valence-corrected chi connectivity index (χ2v) is 6.63. The molecule has 2 fully saturated rings. The van der Waals surface area contributed by atoms with Crippen molar-refractivity contribution in [1.29, 1.82) is 0 Å². The largest absolute Gasteiger partial charge is 0.316 e. The van der Waals surface area contributed by atoms with Crippen LogP contribution in [0.3, 0.4) is 0 Å². The Morgan fingerprint density at radius 1 is 1.17 bits per heavy atom. The zero-order valence-electron chi connectivity index (χ0n) is 11.7. The van der Waals surface area contributed by atoms with Crippen molar-refractivity contribution in [2.45, 2.75) is 45.4 Å². The van der Waals surface area contributed by atoms with Crippen molar-refractivity contribution in [2.75, 3.05) is 13.1 Å². The summed E-state index contributed by atoms with van der Waals surface area (Å²) in [6.45, 7) is 7.00. The van der Waals surface area contributed by atoms with Gasteiger partial charge in [0.15, 0.2) is 0 Å². The maximum absolute atomic E-state index is 3.61. The van der Waals surface area contributed by atoms with Gasteiger partial charge >= 0.3 is 0 Å². The fraction of sp³-hybridized carbons (Fsp3) is 0.647. The second-order valence-electron chi connectivity index (χ2n) is 6.63. The minimum atomic E-state index is 0.597. The van der Waals surface area contributed by atoms with E-state index in [0.29, 0.717) is 5.41 Å². The zero-order valence-corrected chi connectivity index (χ0v) is 11.7. The normalized spacial score (nSPS) is 36.1. The molecule has 3 unspecified atom stereocenters. The molecule has 1 N–H and O–H groups in total. The third kappa shape index (κ3) is 2.09. The monoisotopic (exact) mass is 243 g/mol. The van der Waals surface area contributed by atoms with E-state index in [4.69, 9.17) is 0 Å². The lowest BCUT2D eigenvalue weighted by Crippen LogP contribution is -2.42. The van der Waals surface area contributed by atoms with Crippen LogP contribution in [-0.2, 0) is 0 Å². The number of nitrogens with one attached hydrogen (secondary N) is 1. The van der Waals surface area contributed by atoms with Crippen LogP contribution in [0.5, 0.6) is 0 Å². The van der Waals surface area contributed by atoms with Gasteiger partial charge in [0.05, 0.1) is 0 Å². The maximum Gasteiger partial charge on any atom is 0.00255 e. The van der Waals surface area contributed by atoms with E-state index in [2.05, 4.69) is 43.4 Å². The summed E-state index contributed by atoms with van der Waals surface area (Å²) < 4.78 is 0. The van der Waals surface area contributed by atoms with E-state index in [9.17, 15) is 0 Å². The van der Waals surface area contributed by atoms with Crippen molar-refractivity contribution in [3.05, 3.63) is 35.4 Å². The summed E-state index contributed by atoms with van der Waals surface area (Å²) in [7, 11) is 0. The summed E-state index contributed by atoms with van der Waals surface area (Å²) >= 11 is 0. The maximum atomic E-state index is 3.61. The molecule has 18 heavy (non-hydrogen) atoms. The summed E-state index contributed by atoms with van der Waals surface area (Å²) in [5, 5.41) is 3.61. The summed E-state index contributed by atoms with van der Waals surface area (Å²) in [5.41, 5.74) is 3.53. The molecule has 1 aliphatic heterocycles. The minimum Gasteiger partial charge on any atom is -0.316 e. The number of hydrogen-bond donors (Lipinski definition) is 1. The Labute approximate surface area is 111 Å². The first kappa shape index (κ1) is 12.2. The van der Waals surface area contributed by atoms with E-state index < -0.39 is 0 Å². The first-order valence-electron chi connectivity index (χ1n) is 7.47. The minimum absolute atomic E-state index is 0.597. The molecule has 1 nitrogen and oxygen atoms in total. The lowest BCUT2D eigenvalue weighted by molar-refractivity contribution is 0.164. The number of hydrogen-bond acceptors (Lipinski definition) is 1. The van der Waals surface area contributed by atoms with Gasteiger partial charge in [-0.3, -0.25) is 0 Å². The standard InChI is InChI=1S/C17H25N/c1-13-3-5-15(6-4-13)16-12-18-10-9-17(16)8-7-14(2)11-17/h3-6,14,16,18H,7-12H2,1-2H3. The molecule has 2 aliphatic rings. The van der Waals surface area contributed by atoms with E-state index in [-0.39, 0.29) is 0 Å². The molecule has 0 radical (unpaired) electrons. The van der Waals surface area contributed by atoms with Crippen LogP contribution in [0.25, 0.3) is 0 Å². The van der Waals surface area contributed by atoms with Crippen molar-refractivity contribution in [3.63, 3.8) is 0 Å². The van der Waals surface area contributed by atoms with Gasteiger partial charge in [-0.05, 0) is 49.6 Å². The van der Waals surface area contributed by atoms with Crippen LogP contribution < -0.4 is 5.32 Å². The summed E-state index contributed by atoms with van der Waals surface area (Å²) in [6, 6.07) is 9.27. The van der Waals surface area contributed by atoms with Crippen LogP contribution in [0.1, 0.15) is 49.7 Å². The molecule has 1 aromatic carbocycles. The molecule has 1 aliphatic carbocycles. The molecule has 3 atom stereocenters. The molecule has 1 aromatic rings.